The average Bonchev–Trinajstić information content (AvgIpc) is 3.21. The summed E-state index contributed by atoms with van der Waals surface area (Å²) in [5.41, 5.74) is -0.673. The van der Waals surface area contributed by atoms with E-state index < -0.39 is 17.3 Å². The SMILES string of the molecule is CN(CC1(O)CCCC1)C(=O)C1CC1c1ccc(C(F)(F)F)cc1. The van der Waals surface area contributed by atoms with Crippen LogP contribution in [-0.4, -0.2) is 35.1 Å². The molecule has 0 spiro atoms. The third kappa shape index (κ3) is 3.58. The van der Waals surface area contributed by atoms with Crippen LogP contribution >= 0.6 is 0 Å². The predicted octanol–water partition coefficient (Wildman–Crippen LogP) is 3.57. The van der Waals surface area contributed by atoms with Gasteiger partial charge < -0.3 is 10.0 Å². The first kappa shape index (κ1) is 17.3. The molecular weight excluding hydrogens is 319 g/mol. The van der Waals surface area contributed by atoms with Crippen molar-refractivity contribution in [3.63, 3.8) is 0 Å². The highest BCUT2D eigenvalue weighted by atomic mass is 19.4. The van der Waals surface area contributed by atoms with Crippen LogP contribution in [0, 0.1) is 5.92 Å². The fraction of sp³-hybridized carbons (Fsp3) is 0.611. The van der Waals surface area contributed by atoms with Gasteiger partial charge in [0.1, 0.15) is 0 Å². The van der Waals surface area contributed by atoms with Gasteiger partial charge in [-0.05, 0) is 42.9 Å². The first-order valence-electron chi connectivity index (χ1n) is 8.34. The normalized spacial score (nSPS) is 25.5. The number of rotatable bonds is 4. The molecule has 0 aromatic heterocycles. The highest BCUT2D eigenvalue weighted by Crippen LogP contribution is 2.49. The third-order valence-electron chi connectivity index (χ3n) is 5.22. The number of hydrogen-bond acceptors (Lipinski definition) is 2. The molecule has 2 aliphatic rings. The summed E-state index contributed by atoms with van der Waals surface area (Å²) in [6.07, 6.45) is -0.275. The Morgan fingerprint density at radius 1 is 1.25 bits per heavy atom. The first-order valence-corrected chi connectivity index (χ1v) is 8.34. The largest absolute Gasteiger partial charge is 0.416 e. The summed E-state index contributed by atoms with van der Waals surface area (Å²) in [6, 6.07) is 5.07. The number of amides is 1. The molecule has 3 rings (SSSR count). The van der Waals surface area contributed by atoms with Gasteiger partial charge in [0.25, 0.3) is 0 Å². The minimum absolute atomic E-state index is 0.0135. The fourth-order valence-corrected chi connectivity index (χ4v) is 3.75. The summed E-state index contributed by atoms with van der Waals surface area (Å²) in [4.78, 5) is 14.1. The van der Waals surface area contributed by atoms with Gasteiger partial charge in [-0.15, -0.1) is 0 Å². The van der Waals surface area contributed by atoms with Crippen molar-refractivity contribution in [3.8, 4) is 0 Å². The van der Waals surface area contributed by atoms with Crippen LogP contribution in [0.3, 0.4) is 0 Å². The van der Waals surface area contributed by atoms with Crippen LogP contribution in [0.2, 0.25) is 0 Å². The smallest absolute Gasteiger partial charge is 0.388 e. The van der Waals surface area contributed by atoms with E-state index in [0.29, 0.717) is 13.0 Å². The van der Waals surface area contributed by atoms with Crippen LogP contribution in [0.25, 0.3) is 0 Å². The van der Waals surface area contributed by atoms with Crippen LogP contribution in [0.15, 0.2) is 24.3 Å². The Bertz CT molecular complexity index is 606. The number of alkyl halides is 3. The fourth-order valence-electron chi connectivity index (χ4n) is 3.75. The number of carbonyl (C=O) groups is 1. The molecule has 132 valence electrons. The van der Waals surface area contributed by atoms with E-state index >= 15 is 0 Å². The highest BCUT2D eigenvalue weighted by Gasteiger charge is 2.46. The summed E-state index contributed by atoms with van der Waals surface area (Å²) in [7, 11) is 1.70. The third-order valence-corrected chi connectivity index (χ3v) is 5.22. The summed E-state index contributed by atoms with van der Waals surface area (Å²) < 4.78 is 37.8. The molecule has 2 aliphatic carbocycles. The molecule has 1 aromatic rings. The van der Waals surface area contributed by atoms with E-state index in [9.17, 15) is 23.1 Å². The molecule has 0 saturated heterocycles. The highest BCUT2D eigenvalue weighted by molar-refractivity contribution is 5.82. The Labute approximate surface area is 139 Å². The first-order chi connectivity index (χ1) is 11.2. The number of aliphatic hydroxyl groups is 1. The van der Waals surface area contributed by atoms with Gasteiger partial charge in [0.2, 0.25) is 5.91 Å². The quantitative estimate of drug-likeness (QED) is 0.909. The molecule has 1 aromatic carbocycles. The summed E-state index contributed by atoms with van der Waals surface area (Å²) >= 11 is 0. The molecule has 2 fully saturated rings. The maximum absolute atomic E-state index is 12.6. The van der Waals surface area contributed by atoms with E-state index in [-0.39, 0.29) is 17.7 Å². The molecule has 0 bridgehead atoms. The van der Waals surface area contributed by atoms with Gasteiger partial charge >= 0.3 is 6.18 Å². The van der Waals surface area contributed by atoms with Gasteiger partial charge in [-0.25, -0.2) is 0 Å². The van der Waals surface area contributed by atoms with E-state index in [1.165, 1.54) is 12.1 Å². The predicted molar refractivity (Wildman–Crippen MR) is 83.3 cm³/mol. The molecule has 6 heteroatoms. The van der Waals surface area contributed by atoms with Gasteiger partial charge in [0.15, 0.2) is 0 Å². The standard InChI is InChI=1S/C18H22F3NO2/c1-22(11-17(24)8-2-3-9-17)16(23)15-10-14(15)12-4-6-13(7-5-12)18(19,20)21/h4-7,14-15,24H,2-3,8-11H2,1H3. The van der Waals surface area contributed by atoms with E-state index in [2.05, 4.69) is 0 Å². The van der Waals surface area contributed by atoms with Crippen molar-refractivity contribution in [2.45, 2.75) is 49.8 Å². The lowest BCUT2D eigenvalue weighted by molar-refractivity contribution is -0.137. The van der Waals surface area contributed by atoms with Crippen LogP contribution in [0.5, 0.6) is 0 Å². The topological polar surface area (TPSA) is 40.5 Å². The lowest BCUT2D eigenvalue weighted by atomic mass is 10.0. The van der Waals surface area contributed by atoms with Gasteiger partial charge in [-0.2, -0.15) is 13.2 Å². The van der Waals surface area contributed by atoms with Crippen molar-refractivity contribution in [2.24, 2.45) is 5.92 Å². The van der Waals surface area contributed by atoms with Crippen molar-refractivity contribution < 1.29 is 23.1 Å². The lowest BCUT2D eigenvalue weighted by Gasteiger charge is -2.28. The minimum Gasteiger partial charge on any atom is -0.388 e. The van der Waals surface area contributed by atoms with E-state index in [1.807, 2.05) is 0 Å². The summed E-state index contributed by atoms with van der Waals surface area (Å²) in [5.74, 6) is -0.225. The van der Waals surface area contributed by atoms with Crippen molar-refractivity contribution >= 4 is 5.91 Å². The van der Waals surface area contributed by atoms with Crippen molar-refractivity contribution in [1.29, 1.82) is 0 Å². The Morgan fingerprint density at radius 3 is 2.38 bits per heavy atom. The molecule has 24 heavy (non-hydrogen) atoms. The van der Waals surface area contributed by atoms with Crippen LogP contribution in [0.1, 0.15) is 49.1 Å². The minimum atomic E-state index is -4.34. The molecular formula is C18H22F3NO2. The molecule has 0 heterocycles. The van der Waals surface area contributed by atoms with Crippen molar-refractivity contribution in [3.05, 3.63) is 35.4 Å². The van der Waals surface area contributed by atoms with Gasteiger partial charge in [-0.3, -0.25) is 4.79 Å². The zero-order valence-corrected chi connectivity index (χ0v) is 13.6. The molecule has 2 atom stereocenters. The van der Waals surface area contributed by atoms with E-state index in [4.69, 9.17) is 0 Å². The zero-order chi connectivity index (χ0) is 17.5. The summed E-state index contributed by atoms with van der Waals surface area (Å²) in [6.45, 7) is 0.335. The van der Waals surface area contributed by atoms with Gasteiger partial charge in [-0.1, -0.05) is 25.0 Å². The lowest BCUT2D eigenvalue weighted by Crippen LogP contribution is -2.42. The van der Waals surface area contributed by atoms with Crippen molar-refractivity contribution in [2.75, 3.05) is 13.6 Å². The van der Waals surface area contributed by atoms with Crippen LogP contribution in [0.4, 0.5) is 13.2 Å². The van der Waals surface area contributed by atoms with Gasteiger partial charge in [0, 0.05) is 19.5 Å². The van der Waals surface area contributed by atoms with E-state index in [1.54, 1.807) is 11.9 Å². The summed E-state index contributed by atoms with van der Waals surface area (Å²) in [5, 5.41) is 10.4. The number of halogens is 3. The molecule has 1 N–H and O–H groups in total. The monoisotopic (exact) mass is 341 g/mol. The molecule has 3 nitrogen and oxygen atoms in total. The maximum Gasteiger partial charge on any atom is 0.416 e. The van der Waals surface area contributed by atoms with E-state index in [0.717, 1.165) is 43.4 Å². The molecule has 0 radical (unpaired) electrons. The molecule has 1 amide bonds. The molecule has 2 saturated carbocycles. The second-order valence-electron chi connectivity index (χ2n) is 7.19. The van der Waals surface area contributed by atoms with Crippen LogP contribution < -0.4 is 0 Å². The Morgan fingerprint density at radius 2 is 1.83 bits per heavy atom. The number of nitrogens with zero attached hydrogens (tertiary/aromatic N) is 1. The second kappa shape index (κ2) is 6.06. The van der Waals surface area contributed by atoms with Crippen LogP contribution in [-0.2, 0) is 11.0 Å². The number of hydrogen-bond donors (Lipinski definition) is 1. The zero-order valence-electron chi connectivity index (χ0n) is 13.6. The second-order valence-corrected chi connectivity index (χ2v) is 7.19. The van der Waals surface area contributed by atoms with Gasteiger partial charge in [0.05, 0.1) is 11.2 Å². The number of benzene rings is 1. The number of carbonyl (C=O) groups excluding carboxylic acids is 1. The average molecular weight is 341 g/mol. The Kier molecular flexibility index (Phi) is 4.36. The maximum atomic E-state index is 12.6. The Hall–Kier alpha value is -1.56. The van der Waals surface area contributed by atoms with Crippen molar-refractivity contribution in [1.82, 2.24) is 4.90 Å². The Balaban J connectivity index is 1.59. The molecule has 0 aliphatic heterocycles. The number of likely N-dealkylation sites (N-methyl/N-ethyl adjacent to an activating group) is 1. The molecule has 2 unspecified atom stereocenters.